The maximum absolute atomic E-state index is 12.2. The topological polar surface area (TPSA) is 112 Å². The molecule has 0 heterocycles. The fourth-order valence-electron chi connectivity index (χ4n) is 5.91. The SMILES string of the molecule is CCCCC/C=C/CCCCCCCCCCC[N+](C(CC)C(=O)O)(C(CC)C(=O)O)C(CC)C(=O)O. The number of aliphatic carboxylic acids is 3. The highest BCUT2D eigenvalue weighted by atomic mass is 16.4. The van der Waals surface area contributed by atoms with Crippen LogP contribution in [0.2, 0.25) is 0 Å². The van der Waals surface area contributed by atoms with Crippen molar-refractivity contribution in [1.82, 2.24) is 0 Å². The van der Waals surface area contributed by atoms with Gasteiger partial charge in [-0.1, -0.05) is 91.2 Å². The lowest BCUT2D eigenvalue weighted by Crippen LogP contribution is -2.72. The number of carboxylic acid groups (broad SMARTS) is 3. The van der Waals surface area contributed by atoms with E-state index in [9.17, 15) is 29.7 Å². The lowest BCUT2D eigenvalue weighted by atomic mass is 9.93. The van der Waals surface area contributed by atoms with Crippen LogP contribution >= 0.6 is 0 Å². The fourth-order valence-corrected chi connectivity index (χ4v) is 5.91. The first-order valence-corrected chi connectivity index (χ1v) is 14.9. The van der Waals surface area contributed by atoms with Gasteiger partial charge in [0, 0.05) is 19.3 Å². The maximum atomic E-state index is 12.2. The van der Waals surface area contributed by atoms with Crippen LogP contribution in [0.25, 0.3) is 0 Å². The number of carboxylic acids is 3. The summed E-state index contributed by atoms with van der Waals surface area (Å²) in [7, 11) is 0. The van der Waals surface area contributed by atoms with Crippen molar-refractivity contribution in [1.29, 1.82) is 0 Å². The summed E-state index contributed by atoms with van der Waals surface area (Å²) >= 11 is 0. The molecule has 0 spiro atoms. The van der Waals surface area contributed by atoms with Gasteiger partial charge in [-0.3, -0.25) is 4.48 Å². The van der Waals surface area contributed by atoms with Crippen molar-refractivity contribution in [2.24, 2.45) is 0 Å². The van der Waals surface area contributed by atoms with Gasteiger partial charge in [-0.15, -0.1) is 0 Å². The third-order valence-corrected chi connectivity index (χ3v) is 7.81. The molecule has 0 saturated carbocycles. The Morgan fingerprint density at radius 1 is 0.541 bits per heavy atom. The molecular weight excluding hydrogens is 470 g/mol. The predicted octanol–water partition coefficient (Wildman–Crippen LogP) is 7.43. The number of hydrogen-bond donors (Lipinski definition) is 3. The molecule has 0 amide bonds. The second kappa shape index (κ2) is 21.1. The van der Waals surface area contributed by atoms with Crippen molar-refractivity contribution in [2.75, 3.05) is 6.54 Å². The van der Waals surface area contributed by atoms with E-state index in [1.807, 2.05) is 0 Å². The number of rotatable bonds is 25. The third-order valence-electron chi connectivity index (χ3n) is 7.81. The van der Waals surface area contributed by atoms with E-state index in [0.717, 1.165) is 19.3 Å². The summed E-state index contributed by atoms with van der Waals surface area (Å²) in [4.78, 5) is 36.7. The van der Waals surface area contributed by atoms with Crippen molar-refractivity contribution in [3.05, 3.63) is 12.2 Å². The molecule has 3 atom stereocenters. The molecule has 0 aliphatic carbocycles. The van der Waals surface area contributed by atoms with Crippen LogP contribution in [-0.2, 0) is 14.4 Å². The van der Waals surface area contributed by atoms with Crippen LogP contribution in [0.3, 0.4) is 0 Å². The Labute approximate surface area is 225 Å². The average molecular weight is 527 g/mol. The summed E-state index contributed by atoms with van der Waals surface area (Å²) < 4.78 is -0.406. The van der Waals surface area contributed by atoms with Gasteiger partial charge in [-0.05, 0) is 38.5 Å². The Morgan fingerprint density at radius 2 is 0.865 bits per heavy atom. The van der Waals surface area contributed by atoms with E-state index in [2.05, 4.69) is 19.1 Å². The van der Waals surface area contributed by atoms with Crippen LogP contribution in [0, 0.1) is 0 Å². The zero-order valence-electron chi connectivity index (χ0n) is 24.1. The number of unbranched alkanes of at least 4 members (excludes halogenated alkanes) is 12. The van der Waals surface area contributed by atoms with Crippen LogP contribution < -0.4 is 0 Å². The maximum Gasteiger partial charge on any atom is 0.362 e. The van der Waals surface area contributed by atoms with Crippen LogP contribution in [0.15, 0.2) is 12.2 Å². The zero-order valence-corrected chi connectivity index (χ0v) is 24.1. The molecule has 216 valence electrons. The summed E-state index contributed by atoms with van der Waals surface area (Å²) in [6.45, 7) is 7.61. The molecule has 0 aliphatic rings. The van der Waals surface area contributed by atoms with Crippen LogP contribution in [0.4, 0.5) is 0 Å². The first kappa shape index (κ1) is 35.1. The highest BCUT2D eigenvalue weighted by Crippen LogP contribution is 2.32. The minimum absolute atomic E-state index is 0.192. The summed E-state index contributed by atoms with van der Waals surface area (Å²) in [5, 5.41) is 30.0. The van der Waals surface area contributed by atoms with E-state index in [1.165, 1.54) is 64.2 Å². The van der Waals surface area contributed by atoms with E-state index in [0.29, 0.717) is 6.42 Å². The van der Waals surface area contributed by atoms with Gasteiger partial charge >= 0.3 is 17.9 Å². The normalized spacial score (nSPS) is 15.8. The van der Waals surface area contributed by atoms with Crippen molar-refractivity contribution in [3.8, 4) is 0 Å². The van der Waals surface area contributed by atoms with Gasteiger partial charge < -0.3 is 15.3 Å². The van der Waals surface area contributed by atoms with E-state index >= 15 is 0 Å². The molecule has 0 aromatic carbocycles. The zero-order chi connectivity index (χ0) is 28.1. The van der Waals surface area contributed by atoms with Gasteiger partial charge in [0.2, 0.25) is 0 Å². The van der Waals surface area contributed by atoms with E-state index in [4.69, 9.17) is 0 Å². The number of hydrogen-bond acceptors (Lipinski definition) is 3. The minimum Gasteiger partial charge on any atom is -0.477 e. The number of quaternary nitrogens is 1. The number of nitrogens with zero attached hydrogens (tertiary/aromatic N) is 1. The Bertz CT molecular complexity index is 607. The van der Waals surface area contributed by atoms with E-state index in [-0.39, 0.29) is 25.8 Å². The molecule has 0 aromatic rings. The fraction of sp³-hybridized carbons (Fsp3) is 0.833. The number of carbonyl (C=O) groups is 3. The first-order valence-electron chi connectivity index (χ1n) is 14.9. The van der Waals surface area contributed by atoms with Crippen molar-refractivity contribution < 1.29 is 34.2 Å². The summed E-state index contributed by atoms with van der Waals surface area (Å²) in [5.41, 5.74) is 0. The molecule has 37 heavy (non-hydrogen) atoms. The highest BCUT2D eigenvalue weighted by Gasteiger charge is 2.55. The highest BCUT2D eigenvalue weighted by molar-refractivity contribution is 5.78. The predicted molar refractivity (Wildman–Crippen MR) is 150 cm³/mol. The molecule has 3 N–H and O–H groups in total. The molecule has 0 fully saturated rings. The Balaban J connectivity index is 4.76. The molecule has 7 heteroatoms. The largest absolute Gasteiger partial charge is 0.477 e. The van der Waals surface area contributed by atoms with E-state index in [1.54, 1.807) is 20.8 Å². The average Bonchev–Trinajstić information content (AvgIpc) is 2.84. The Kier molecular flexibility index (Phi) is 20.0. The lowest BCUT2D eigenvalue weighted by molar-refractivity contribution is -0.973. The second-order valence-electron chi connectivity index (χ2n) is 10.4. The molecule has 0 bridgehead atoms. The van der Waals surface area contributed by atoms with Crippen LogP contribution in [0.5, 0.6) is 0 Å². The molecule has 0 radical (unpaired) electrons. The van der Waals surface area contributed by atoms with Gasteiger partial charge in [-0.2, -0.15) is 0 Å². The molecule has 0 aliphatic heterocycles. The van der Waals surface area contributed by atoms with Crippen molar-refractivity contribution in [2.45, 2.75) is 155 Å². The summed E-state index contributed by atoms with van der Waals surface area (Å²) in [6, 6.07) is -3.19. The summed E-state index contributed by atoms with van der Waals surface area (Å²) in [5.74, 6) is -3.35. The lowest BCUT2D eigenvalue weighted by Gasteiger charge is -2.49. The Hall–Kier alpha value is -1.89. The smallest absolute Gasteiger partial charge is 0.362 e. The van der Waals surface area contributed by atoms with Gasteiger partial charge in [-0.25, -0.2) is 14.4 Å². The molecule has 3 unspecified atom stereocenters. The van der Waals surface area contributed by atoms with Gasteiger partial charge in [0.25, 0.3) is 0 Å². The molecule has 0 rings (SSSR count). The van der Waals surface area contributed by atoms with Gasteiger partial charge in [0.05, 0.1) is 6.54 Å². The molecule has 7 nitrogen and oxygen atoms in total. The standard InChI is InChI=1S/C30H55NO6/c1-5-9-10-11-12-13-14-15-16-17-18-19-20-21-22-23-24-31(25(6-2)28(32)33,26(7-3)29(34)35)27(8-4)30(36)37/h12-13,25-27H,5-11,14-24H2,1-4H3,(H2-,32,33,34,35,36,37)/p+1/b13-12+. The van der Waals surface area contributed by atoms with Crippen LogP contribution in [0.1, 0.15) is 137 Å². The molecular formula is C30H56NO6+. The first-order chi connectivity index (χ1) is 17.7. The minimum atomic E-state index is -1.12. The van der Waals surface area contributed by atoms with Crippen molar-refractivity contribution in [3.63, 3.8) is 0 Å². The third kappa shape index (κ3) is 12.5. The van der Waals surface area contributed by atoms with Gasteiger partial charge in [0.15, 0.2) is 18.1 Å². The van der Waals surface area contributed by atoms with Gasteiger partial charge in [0.1, 0.15) is 0 Å². The number of allylic oxidation sites excluding steroid dienone is 2. The van der Waals surface area contributed by atoms with E-state index < -0.39 is 40.5 Å². The molecule has 0 aromatic heterocycles. The molecule has 0 saturated heterocycles. The van der Waals surface area contributed by atoms with Crippen molar-refractivity contribution >= 4 is 17.9 Å². The van der Waals surface area contributed by atoms with Crippen LogP contribution in [-0.4, -0.2) is 62.4 Å². The second-order valence-corrected chi connectivity index (χ2v) is 10.4. The summed E-state index contributed by atoms with van der Waals surface area (Å²) in [6.07, 6.45) is 21.2. The quantitative estimate of drug-likeness (QED) is 0.0648. The monoisotopic (exact) mass is 526 g/mol. The Morgan fingerprint density at radius 3 is 1.19 bits per heavy atom.